The average molecular weight is 281 g/mol. The molecule has 1 aromatic rings. The van der Waals surface area contributed by atoms with Gasteiger partial charge in [0.1, 0.15) is 0 Å². The van der Waals surface area contributed by atoms with Crippen LogP contribution in [0.5, 0.6) is 0 Å². The van der Waals surface area contributed by atoms with Gasteiger partial charge in [0.2, 0.25) is 10.0 Å². The lowest BCUT2D eigenvalue weighted by Gasteiger charge is -2.30. The summed E-state index contributed by atoms with van der Waals surface area (Å²) in [4.78, 5) is 0.415. The van der Waals surface area contributed by atoms with Crippen molar-refractivity contribution >= 4 is 10.0 Å². The molecule has 0 saturated heterocycles. The highest BCUT2D eigenvalue weighted by molar-refractivity contribution is 7.89. The monoisotopic (exact) mass is 281 g/mol. The number of benzene rings is 1. The van der Waals surface area contributed by atoms with Crippen molar-refractivity contribution in [3.8, 4) is 0 Å². The highest BCUT2D eigenvalue weighted by atomic mass is 32.2. The second-order valence-electron chi connectivity index (χ2n) is 5.31. The minimum atomic E-state index is -3.33. The summed E-state index contributed by atoms with van der Waals surface area (Å²) >= 11 is 0. The van der Waals surface area contributed by atoms with Gasteiger partial charge in [-0.3, -0.25) is 0 Å². The van der Waals surface area contributed by atoms with Crippen molar-refractivity contribution in [3.05, 3.63) is 29.8 Å². The third-order valence-electron chi connectivity index (χ3n) is 4.10. The molecular formula is C15H23NO2S. The van der Waals surface area contributed by atoms with Gasteiger partial charge in [0, 0.05) is 13.1 Å². The normalized spacial score (nSPS) is 17.8. The summed E-state index contributed by atoms with van der Waals surface area (Å²) in [5, 5.41) is 0. The molecule has 3 nitrogen and oxygen atoms in total. The number of hydrogen-bond acceptors (Lipinski definition) is 2. The van der Waals surface area contributed by atoms with E-state index in [4.69, 9.17) is 0 Å². The number of aryl methyl sites for hydroxylation is 1. The molecule has 1 fully saturated rings. The van der Waals surface area contributed by atoms with Crippen molar-refractivity contribution in [1.29, 1.82) is 0 Å². The van der Waals surface area contributed by atoms with Crippen LogP contribution >= 0.6 is 0 Å². The van der Waals surface area contributed by atoms with Gasteiger partial charge in [0.15, 0.2) is 0 Å². The summed E-state index contributed by atoms with van der Waals surface area (Å²) in [6.45, 7) is 2.07. The van der Waals surface area contributed by atoms with E-state index in [0.717, 1.165) is 32.1 Å². The van der Waals surface area contributed by atoms with Crippen molar-refractivity contribution in [2.75, 3.05) is 7.05 Å². The fourth-order valence-corrected chi connectivity index (χ4v) is 4.12. The molecule has 0 spiro atoms. The standard InChI is InChI=1S/C15H23NO2S/c1-3-13-9-11-15(12-10-13)19(17,18)16(2)14-7-5-4-6-8-14/h9-12,14H,3-8H2,1-2H3. The van der Waals surface area contributed by atoms with Gasteiger partial charge >= 0.3 is 0 Å². The Morgan fingerprint density at radius 3 is 2.21 bits per heavy atom. The van der Waals surface area contributed by atoms with Crippen LogP contribution in [0.3, 0.4) is 0 Å². The summed E-state index contributed by atoms with van der Waals surface area (Å²) in [6, 6.07) is 7.44. The Hall–Kier alpha value is -0.870. The van der Waals surface area contributed by atoms with Crippen LogP contribution in [0.4, 0.5) is 0 Å². The van der Waals surface area contributed by atoms with Crippen LogP contribution in [0.25, 0.3) is 0 Å². The first-order valence-corrected chi connectivity index (χ1v) is 8.56. The zero-order chi connectivity index (χ0) is 13.9. The number of sulfonamides is 1. The van der Waals surface area contributed by atoms with E-state index in [2.05, 4.69) is 6.92 Å². The molecule has 0 heterocycles. The Bertz CT molecular complexity index is 501. The van der Waals surface area contributed by atoms with Crippen LogP contribution in [0.15, 0.2) is 29.2 Å². The number of nitrogens with zero attached hydrogens (tertiary/aromatic N) is 1. The van der Waals surface area contributed by atoms with Gasteiger partial charge in [-0.05, 0) is 37.0 Å². The minimum absolute atomic E-state index is 0.171. The Morgan fingerprint density at radius 1 is 1.11 bits per heavy atom. The fraction of sp³-hybridized carbons (Fsp3) is 0.600. The molecule has 0 aromatic heterocycles. The van der Waals surface area contributed by atoms with E-state index >= 15 is 0 Å². The predicted molar refractivity (Wildman–Crippen MR) is 77.6 cm³/mol. The maximum atomic E-state index is 12.6. The molecular weight excluding hydrogens is 258 g/mol. The van der Waals surface area contributed by atoms with Crippen molar-refractivity contribution in [1.82, 2.24) is 4.31 Å². The summed E-state index contributed by atoms with van der Waals surface area (Å²) in [7, 11) is -1.61. The number of rotatable bonds is 4. The van der Waals surface area contributed by atoms with Crippen LogP contribution in [-0.4, -0.2) is 25.8 Å². The second-order valence-corrected chi connectivity index (χ2v) is 7.31. The predicted octanol–water partition coefficient (Wildman–Crippen LogP) is 3.20. The SMILES string of the molecule is CCc1ccc(S(=O)(=O)N(C)C2CCCCC2)cc1. The molecule has 106 valence electrons. The summed E-state index contributed by atoms with van der Waals surface area (Å²) in [6.07, 6.45) is 6.42. The molecule has 19 heavy (non-hydrogen) atoms. The average Bonchev–Trinajstić information content (AvgIpc) is 2.47. The maximum absolute atomic E-state index is 12.6. The Morgan fingerprint density at radius 2 is 1.68 bits per heavy atom. The van der Waals surface area contributed by atoms with Crippen molar-refractivity contribution in [2.24, 2.45) is 0 Å². The minimum Gasteiger partial charge on any atom is -0.207 e. The zero-order valence-electron chi connectivity index (χ0n) is 11.8. The van der Waals surface area contributed by atoms with Gasteiger partial charge in [-0.2, -0.15) is 4.31 Å². The van der Waals surface area contributed by atoms with E-state index in [1.165, 1.54) is 12.0 Å². The topological polar surface area (TPSA) is 37.4 Å². The Labute approximate surface area is 116 Å². The highest BCUT2D eigenvalue weighted by Gasteiger charge is 2.28. The van der Waals surface area contributed by atoms with E-state index in [-0.39, 0.29) is 6.04 Å². The van der Waals surface area contributed by atoms with E-state index in [9.17, 15) is 8.42 Å². The lowest BCUT2D eigenvalue weighted by atomic mass is 9.96. The molecule has 0 N–H and O–H groups in total. The molecule has 4 heteroatoms. The molecule has 1 aliphatic carbocycles. The van der Waals surface area contributed by atoms with E-state index in [1.54, 1.807) is 23.5 Å². The lowest BCUT2D eigenvalue weighted by molar-refractivity contribution is 0.286. The Balaban J connectivity index is 2.19. The molecule has 2 rings (SSSR count). The third kappa shape index (κ3) is 3.18. The number of hydrogen-bond donors (Lipinski definition) is 0. The van der Waals surface area contributed by atoms with Crippen molar-refractivity contribution in [2.45, 2.75) is 56.4 Å². The van der Waals surface area contributed by atoms with E-state index < -0.39 is 10.0 Å². The molecule has 0 atom stereocenters. The van der Waals surface area contributed by atoms with Crippen molar-refractivity contribution in [3.63, 3.8) is 0 Å². The van der Waals surface area contributed by atoms with Gasteiger partial charge < -0.3 is 0 Å². The molecule has 0 amide bonds. The first kappa shape index (κ1) is 14.5. The van der Waals surface area contributed by atoms with E-state index in [0.29, 0.717) is 4.90 Å². The van der Waals surface area contributed by atoms with Gasteiger partial charge in [-0.1, -0.05) is 38.3 Å². The van der Waals surface area contributed by atoms with Crippen LogP contribution in [-0.2, 0) is 16.4 Å². The Kier molecular flexibility index (Phi) is 4.63. The van der Waals surface area contributed by atoms with Gasteiger partial charge in [-0.15, -0.1) is 0 Å². The van der Waals surface area contributed by atoms with Crippen LogP contribution in [0.2, 0.25) is 0 Å². The van der Waals surface area contributed by atoms with Crippen molar-refractivity contribution < 1.29 is 8.42 Å². The molecule has 0 aliphatic heterocycles. The van der Waals surface area contributed by atoms with Gasteiger partial charge in [0.25, 0.3) is 0 Å². The molecule has 0 radical (unpaired) electrons. The molecule has 1 saturated carbocycles. The first-order chi connectivity index (χ1) is 9.05. The van der Waals surface area contributed by atoms with E-state index in [1.807, 2.05) is 12.1 Å². The van der Waals surface area contributed by atoms with Crippen LogP contribution in [0.1, 0.15) is 44.6 Å². The molecule has 1 aromatic carbocycles. The van der Waals surface area contributed by atoms with Gasteiger partial charge in [-0.25, -0.2) is 8.42 Å². The summed E-state index contributed by atoms with van der Waals surface area (Å²) in [5.41, 5.74) is 1.17. The first-order valence-electron chi connectivity index (χ1n) is 7.12. The van der Waals surface area contributed by atoms with Crippen LogP contribution < -0.4 is 0 Å². The highest BCUT2D eigenvalue weighted by Crippen LogP contribution is 2.26. The zero-order valence-corrected chi connectivity index (χ0v) is 12.6. The summed E-state index contributed by atoms with van der Waals surface area (Å²) in [5.74, 6) is 0. The van der Waals surface area contributed by atoms with Crippen LogP contribution in [0, 0.1) is 0 Å². The molecule has 1 aliphatic rings. The largest absolute Gasteiger partial charge is 0.243 e. The van der Waals surface area contributed by atoms with Gasteiger partial charge in [0.05, 0.1) is 4.90 Å². The molecule has 0 bridgehead atoms. The molecule has 0 unspecified atom stereocenters. The lowest BCUT2D eigenvalue weighted by Crippen LogP contribution is -2.38. The second kappa shape index (κ2) is 6.06. The fourth-order valence-electron chi connectivity index (χ4n) is 2.70. The maximum Gasteiger partial charge on any atom is 0.243 e. The smallest absolute Gasteiger partial charge is 0.207 e. The third-order valence-corrected chi connectivity index (χ3v) is 6.02. The quantitative estimate of drug-likeness (QED) is 0.850. The summed E-state index contributed by atoms with van der Waals surface area (Å²) < 4.78 is 26.7.